The molecular weight excluding hydrogens is 218 g/mol. The molecule has 0 heterocycles. The SMILES string of the molecule is CC#Cc1ccccc1.CNCc1ccccc1. The van der Waals surface area contributed by atoms with E-state index in [1.165, 1.54) is 5.56 Å². The molecule has 0 spiro atoms. The molecule has 1 nitrogen and oxygen atoms in total. The normalized spacial score (nSPS) is 8.56. The van der Waals surface area contributed by atoms with E-state index in [2.05, 4.69) is 29.3 Å². The van der Waals surface area contributed by atoms with Gasteiger partial charge in [-0.2, -0.15) is 0 Å². The highest BCUT2D eigenvalue weighted by atomic mass is 14.8. The third-order valence-corrected chi connectivity index (χ3v) is 2.27. The molecule has 0 saturated heterocycles. The largest absolute Gasteiger partial charge is 0.316 e. The topological polar surface area (TPSA) is 12.0 Å². The fourth-order valence-corrected chi connectivity index (χ4v) is 1.47. The molecule has 18 heavy (non-hydrogen) atoms. The van der Waals surface area contributed by atoms with Crippen LogP contribution in [0.15, 0.2) is 60.7 Å². The second-order valence-electron chi connectivity index (χ2n) is 3.76. The van der Waals surface area contributed by atoms with Crippen molar-refractivity contribution < 1.29 is 0 Å². The van der Waals surface area contributed by atoms with Crippen molar-refractivity contribution in [3.05, 3.63) is 71.8 Å². The average Bonchev–Trinajstić information content (AvgIpc) is 2.43. The molecule has 0 aromatic heterocycles. The Labute approximate surface area is 110 Å². The fraction of sp³-hybridized carbons (Fsp3) is 0.176. The summed E-state index contributed by atoms with van der Waals surface area (Å²) in [5.41, 5.74) is 2.42. The molecule has 0 saturated carbocycles. The van der Waals surface area contributed by atoms with Crippen LogP contribution in [0.25, 0.3) is 0 Å². The summed E-state index contributed by atoms with van der Waals surface area (Å²) in [5.74, 6) is 5.79. The standard InChI is InChI=1S/C9H8.C8H11N/c1-2-6-9-7-4-3-5-8-9;1-9-7-8-5-3-2-4-6-8/h3-5,7-8H,1H3;2-6,9H,7H2,1H3. The molecule has 2 aromatic carbocycles. The molecule has 0 fully saturated rings. The zero-order valence-corrected chi connectivity index (χ0v) is 11.0. The van der Waals surface area contributed by atoms with Crippen molar-refractivity contribution in [1.82, 2.24) is 5.32 Å². The van der Waals surface area contributed by atoms with Crippen LogP contribution in [0.2, 0.25) is 0 Å². The maximum Gasteiger partial charge on any atom is 0.0245 e. The summed E-state index contributed by atoms with van der Waals surface area (Å²) in [6.45, 7) is 2.80. The molecule has 0 amide bonds. The Morgan fingerprint density at radius 1 is 0.889 bits per heavy atom. The van der Waals surface area contributed by atoms with Crippen LogP contribution in [0, 0.1) is 11.8 Å². The van der Waals surface area contributed by atoms with Gasteiger partial charge in [-0.15, -0.1) is 5.92 Å². The number of benzene rings is 2. The summed E-state index contributed by atoms with van der Waals surface area (Å²) in [6, 6.07) is 20.3. The maximum atomic E-state index is 3.08. The lowest BCUT2D eigenvalue weighted by atomic mass is 10.2. The van der Waals surface area contributed by atoms with Gasteiger partial charge in [-0.1, -0.05) is 54.5 Å². The third-order valence-electron chi connectivity index (χ3n) is 2.27. The highest BCUT2D eigenvalue weighted by Crippen LogP contribution is 1.95. The molecule has 2 rings (SSSR count). The van der Waals surface area contributed by atoms with Crippen molar-refractivity contribution in [2.75, 3.05) is 7.05 Å². The summed E-state index contributed by atoms with van der Waals surface area (Å²) in [5, 5.41) is 3.08. The van der Waals surface area contributed by atoms with Gasteiger partial charge in [0, 0.05) is 12.1 Å². The zero-order valence-electron chi connectivity index (χ0n) is 11.0. The molecule has 0 aliphatic heterocycles. The predicted molar refractivity (Wildman–Crippen MR) is 78.2 cm³/mol. The third kappa shape index (κ3) is 5.89. The first-order chi connectivity index (χ1) is 8.86. The highest BCUT2D eigenvalue weighted by Gasteiger charge is 1.83. The van der Waals surface area contributed by atoms with Crippen LogP contribution in [0.4, 0.5) is 0 Å². The summed E-state index contributed by atoms with van der Waals surface area (Å²) >= 11 is 0. The van der Waals surface area contributed by atoms with Gasteiger partial charge in [0.1, 0.15) is 0 Å². The molecule has 0 bridgehead atoms. The monoisotopic (exact) mass is 237 g/mol. The summed E-state index contributed by atoms with van der Waals surface area (Å²) < 4.78 is 0. The summed E-state index contributed by atoms with van der Waals surface area (Å²) in [6.07, 6.45) is 0. The molecule has 0 atom stereocenters. The van der Waals surface area contributed by atoms with Crippen LogP contribution in [0.5, 0.6) is 0 Å². The number of hydrogen-bond donors (Lipinski definition) is 1. The van der Waals surface area contributed by atoms with Gasteiger partial charge in [-0.05, 0) is 31.7 Å². The number of nitrogens with one attached hydrogen (secondary N) is 1. The second-order valence-corrected chi connectivity index (χ2v) is 3.76. The first kappa shape index (κ1) is 14.0. The van der Waals surface area contributed by atoms with Crippen LogP contribution in [0.1, 0.15) is 18.1 Å². The maximum absolute atomic E-state index is 3.08. The molecular formula is C17H19N. The van der Waals surface area contributed by atoms with Gasteiger partial charge in [-0.3, -0.25) is 0 Å². The van der Waals surface area contributed by atoms with Gasteiger partial charge in [0.2, 0.25) is 0 Å². The van der Waals surface area contributed by atoms with Gasteiger partial charge in [0.15, 0.2) is 0 Å². The van der Waals surface area contributed by atoms with E-state index in [0.29, 0.717) is 0 Å². The average molecular weight is 237 g/mol. The smallest absolute Gasteiger partial charge is 0.0245 e. The van der Waals surface area contributed by atoms with E-state index < -0.39 is 0 Å². The molecule has 1 heteroatoms. The van der Waals surface area contributed by atoms with Crippen molar-refractivity contribution in [2.45, 2.75) is 13.5 Å². The van der Waals surface area contributed by atoms with Crippen LogP contribution in [-0.2, 0) is 6.54 Å². The molecule has 0 aliphatic carbocycles. The molecule has 0 aliphatic rings. The van der Waals surface area contributed by atoms with Gasteiger partial charge in [0.25, 0.3) is 0 Å². The summed E-state index contributed by atoms with van der Waals surface area (Å²) in [7, 11) is 1.95. The lowest BCUT2D eigenvalue weighted by Gasteiger charge is -1.95. The van der Waals surface area contributed by atoms with Crippen LogP contribution < -0.4 is 5.32 Å². The van der Waals surface area contributed by atoms with E-state index in [9.17, 15) is 0 Å². The molecule has 1 N–H and O–H groups in total. The van der Waals surface area contributed by atoms with Gasteiger partial charge >= 0.3 is 0 Å². The Hall–Kier alpha value is -2.04. The quantitative estimate of drug-likeness (QED) is 0.789. The van der Waals surface area contributed by atoms with Crippen molar-refractivity contribution >= 4 is 0 Å². The Morgan fingerprint density at radius 3 is 1.94 bits per heavy atom. The van der Waals surface area contributed by atoms with E-state index in [4.69, 9.17) is 0 Å². The Kier molecular flexibility index (Phi) is 7.04. The minimum atomic E-state index is 0.959. The molecule has 92 valence electrons. The van der Waals surface area contributed by atoms with Crippen molar-refractivity contribution in [1.29, 1.82) is 0 Å². The lowest BCUT2D eigenvalue weighted by Crippen LogP contribution is -2.04. The van der Waals surface area contributed by atoms with Crippen molar-refractivity contribution in [2.24, 2.45) is 0 Å². The molecule has 0 unspecified atom stereocenters. The van der Waals surface area contributed by atoms with Crippen molar-refractivity contribution in [3.63, 3.8) is 0 Å². The van der Waals surface area contributed by atoms with Gasteiger partial charge in [0.05, 0.1) is 0 Å². The van der Waals surface area contributed by atoms with E-state index in [0.717, 1.165) is 12.1 Å². The van der Waals surface area contributed by atoms with E-state index >= 15 is 0 Å². The minimum Gasteiger partial charge on any atom is -0.316 e. The van der Waals surface area contributed by atoms with E-state index in [-0.39, 0.29) is 0 Å². The first-order valence-electron chi connectivity index (χ1n) is 6.03. The van der Waals surface area contributed by atoms with Gasteiger partial charge in [-0.25, -0.2) is 0 Å². The van der Waals surface area contributed by atoms with Crippen LogP contribution in [-0.4, -0.2) is 7.05 Å². The highest BCUT2D eigenvalue weighted by molar-refractivity contribution is 5.32. The fourth-order valence-electron chi connectivity index (χ4n) is 1.47. The minimum absolute atomic E-state index is 0.959. The second kappa shape index (κ2) is 9.04. The molecule has 0 radical (unpaired) electrons. The number of rotatable bonds is 2. The van der Waals surface area contributed by atoms with Gasteiger partial charge < -0.3 is 5.32 Å². The van der Waals surface area contributed by atoms with Crippen LogP contribution >= 0.6 is 0 Å². The van der Waals surface area contributed by atoms with Crippen LogP contribution in [0.3, 0.4) is 0 Å². The Morgan fingerprint density at radius 2 is 1.44 bits per heavy atom. The van der Waals surface area contributed by atoms with E-state index in [1.807, 2.05) is 62.5 Å². The Balaban J connectivity index is 0.000000180. The lowest BCUT2D eigenvalue weighted by molar-refractivity contribution is 0.818. The summed E-state index contributed by atoms with van der Waals surface area (Å²) in [4.78, 5) is 0. The molecule has 2 aromatic rings. The van der Waals surface area contributed by atoms with E-state index in [1.54, 1.807) is 0 Å². The Bertz CT molecular complexity index is 477. The number of hydrogen-bond acceptors (Lipinski definition) is 1. The van der Waals surface area contributed by atoms with Crippen molar-refractivity contribution in [3.8, 4) is 11.8 Å². The predicted octanol–water partition coefficient (Wildman–Crippen LogP) is 3.46. The zero-order chi connectivity index (χ0) is 13.1. The first-order valence-corrected chi connectivity index (χ1v) is 6.03.